The SMILES string of the molecule is F[C-](F)C(F)(F)C(F)(F)C(F)(F)F.[Br-].[Mg+2]. The summed E-state index contributed by atoms with van der Waals surface area (Å²) >= 11 is 0. The van der Waals surface area contributed by atoms with Crippen molar-refractivity contribution in [1.29, 1.82) is 0 Å². The van der Waals surface area contributed by atoms with Crippen molar-refractivity contribution in [1.82, 2.24) is 0 Å². The average molecular weight is 323 g/mol. The number of rotatable bonds is 2. The van der Waals surface area contributed by atoms with Crippen LogP contribution in [0, 0.1) is 6.43 Å². The summed E-state index contributed by atoms with van der Waals surface area (Å²) in [7, 11) is 0. The molecule has 0 heterocycles. The van der Waals surface area contributed by atoms with Gasteiger partial charge < -0.3 is 25.8 Å². The van der Waals surface area contributed by atoms with E-state index in [2.05, 4.69) is 0 Å². The van der Waals surface area contributed by atoms with E-state index in [1.54, 1.807) is 0 Å². The molecule has 0 bridgehead atoms. The van der Waals surface area contributed by atoms with Crippen molar-refractivity contribution < 1.29 is 56.5 Å². The van der Waals surface area contributed by atoms with Crippen LogP contribution in [0.4, 0.5) is 39.5 Å². The molecule has 88 valence electrons. The Morgan fingerprint density at radius 1 is 0.733 bits per heavy atom. The zero-order valence-electron chi connectivity index (χ0n) is 6.49. The molecular formula is C4BrF9Mg. The summed E-state index contributed by atoms with van der Waals surface area (Å²) < 4.78 is 102. The van der Waals surface area contributed by atoms with E-state index in [1.807, 2.05) is 0 Å². The first kappa shape index (κ1) is 21.0. The van der Waals surface area contributed by atoms with Crippen LogP contribution in [0.2, 0.25) is 0 Å². The molecular weight excluding hydrogens is 323 g/mol. The molecule has 0 fully saturated rings. The topological polar surface area (TPSA) is 0 Å². The first-order valence-electron chi connectivity index (χ1n) is 2.45. The number of alkyl halides is 7. The van der Waals surface area contributed by atoms with E-state index < -0.39 is 24.4 Å². The van der Waals surface area contributed by atoms with E-state index in [9.17, 15) is 39.5 Å². The van der Waals surface area contributed by atoms with Gasteiger partial charge in [-0.3, -0.25) is 0 Å². The summed E-state index contributed by atoms with van der Waals surface area (Å²) in [6, 6.07) is 0. The summed E-state index contributed by atoms with van der Waals surface area (Å²) in [5, 5.41) is 0. The van der Waals surface area contributed by atoms with Gasteiger partial charge in [-0.1, -0.05) is 0 Å². The Morgan fingerprint density at radius 3 is 1.07 bits per heavy atom. The minimum atomic E-state index is -6.77. The van der Waals surface area contributed by atoms with Crippen LogP contribution in [0.1, 0.15) is 0 Å². The van der Waals surface area contributed by atoms with Crippen molar-refractivity contribution in [3.05, 3.63) is 6.43 Å². The Bertz CT molecular complexity index is 187. The van der Waals surface area contributed by atoms with Gasteiger partial charge >= 0.3 is 35.2 Å². The second-order valence-electron chi connectivity index (χ2n) is 1.91. The van der Waals surface area contributed by atoms with Crippen molar-refractivity contribution in [2.24, 2.45) is 0 Å². The molecule has 0 unspecified atom stereocenters. The smallest absolute Gasteiger partial charge is 1.00 e. The zero-order valence-corrected chi connectivity index (χ0v) is 9.49. The predicted molar refractivity (Wildman–Crippen MR) is 27.2 cm³/mol. The van der Waals surface area contributed by atoms with Crippen LogP contribution in [0.25, 0.3) is 0 Å². The molecule has 0 spiro atoms. The second kappa shape index (κ2) is 5.80. The maximum Gasteiger partial charge on any atom is 2.00 e. The maximum absolute atomic E-state index is 11.6. The second-order valence-corrected chi connectivity index (χ2v) is 1.91. The molecule has 0 atom stereocenters. The van der Waals surface area contributed by atoms with Crippen molar-refractivity contribution in [3.63, 3.8) is 0 Å². The molecule has 0 saturated heterocycles. The van der Waals surface area contributed by atoms with Gasteiger partial charge in [0.05, 0.1) is 6.43 Å². The first-order chi connectivity index (χ1) is 5.44. The molecule has 0 amide bonds. The van der Waals surface area contributed by atoms with Gasteiger partial charge in [-0.25, -0.2) is 8.78 Å². The predicted octanol–water partition coefficient (Wildman–Crippen LogP) is -0.129. The fraction of sp³-hybridized carbons (Fsp3) is 0.750. The fourth-order valence-electron chi connectivity index (χ4n) is 0.297. The quantitative estimate of drug-likeness (QED) is 0.377. The third-order valence-electron chi connectivity index (χ3n) is 0.988. The molecule has 0 aliphatic carbocycles. The van der Waals surface area contributed by atoms with Crippen LogP contribution in [0.5, 0.6) is 0 Å². The molecule has 11 heteroatoms. The van der Waals surface area contributed by atoms with Crippen molar-refractivity contribution in [2.45, 2.75) is 18.0 Å². The van der Waals surface area contributed by atoms with Crippen molar-refractivity contribution in [2.75, 3.05) is 0 Å². The van der Waals surface area contributed by atoms with Gasteiger partial charge in [0.25, 0.3) is 5.92 Å². The standard InChI is InChI=1S/C4F9.BrH.Mg/c5-1(6)2(7,8)3(9,10)4(11,12)13;;/h;1H;/q-1;;+2/p-1. The number of hydrogen-bond donors (Lipinski definition) is 0. The van der Waals surface area contributed by atoms with Crippen LogP contribution < -0.4 is 17.0 Å². The van der Waals surface area contributed by atoms with Gasteiger partial charge in [-0.15, -0.1) is 0 Å². The summed E-state index contributed by atoms with van der Waals surface area (Å²) in [5.74, 6) is -13.3. The van der Waals surface area contributed by atoms with E-state index in [1.165, 1.54) is 0 Å². The van der Waals surface area contributed by atoms with E-state index in [4.69, 9.17) is 0 Å². The van der Waals surface area contributed by atoms with Crippen LogP contribution in [0.3, 0.4) is 0 Å². The first-order valence-corrected chi connectivity index (χ1v) is 2.45. The third-order valence-corrected chi connectivity index (χ3v) is 0.988. The third kappa shape index (κ3) is 3.84. The maximum atomic E-state index is 11.6. The molecule has 0 nitrogen and oxygen atoms in total. The van der Waals surface area contributed by atoms with Gasteiger partial charge in [0.15, 0.2) is 0 Å². The number of halogens is 10. The van der Waals surface area contributed by atoms with Gasteiger partial charge in [0.2, 0.25) is 0 Å². The van der Waals surface area contributed by atoms with Gasteiger partial charge in [-0.2, -0.15) is 22.0 Å². The minimum absolute atomic E-state index is 0. The molecule has 0 rings (SSSR count). The normalized spacial score (nSPS) is 13.2. The monoisotopic (exact) mass is 322 g/mol. The summed E-state index contributed by atoms with van der Waals surface area (Å²) in [6.07, 6.45) is -11.0. The van der Waals surface area contributed by atoms with Crippen LogP contribution in [0.15, 0.2) is 0 Å². The summed E-state index contributed by atoms with van der Waals surface area (Å²) in [5.41, 5.74) is 0. The minimum Gasteiger partial charge on any atom is -1.00 e. The molecule has 0 saturated carbocycles. The Hall–Kier alpha value is 0.616. The van der Waals surface area contributed by atoms with Gasteiger partial charge in [-0.05, 0) is 0 Å². The van der Waals surface area contributed by atoms with E-state index in [0.717, 1.165) is 0 Å². The Balaban J connectivity index is -0.000000720. The van der Waals surface area contributed by atoms with Crippen LogP contribution in [-0.4, -0.2) is 41.1 Å². The summed E-state index contributed by atoms with van der Waals surface area (Å²) in [4.78, 5) is 0. The van der Waals surface area contributed by atoms with E-state index in [0.29, 0.717) is 0 Å². The molecule has 0 aromatic rings. The Morgan fingerprint density at radius 2 is 1.00 bits per heavy atom. The largest absolute Gasteiger partial charge is 2.00 e. The van der Waals surface area contributed by atoms with Gasteiger partial charge in [0.1, 0.15) is 0 Å². The summed E-state index contributed by atoms with van der Waals surface area (Å²) in [6.45, 7) is 0. The van der Waals surface area contributed by atoms with Crippen LogP contribution >= 0.6 is 0 Å². The molecule has 0 aliphatic rings. The molecule has 0 aliphatic heterocycles. The fourth-order valence-corrected chi connectivity index (χ4v) is 0.297. The van der Waals surface area contributed by atoms with Crippen LogP contribution in [-0.2, 0) is 0 Å². The molecule has 0 aromatic carbocycles. The molecule has 0 N–H and O–H groups in total. The average Bonchev–Trinajstić information content (AvgIpc) is 1.84. The number of hydrogen-bond acceptors (Lipinski definition) is 0. The van der Waals surface area contributed by atoms with Gasteiger partial charge in [0, 0.05) is 0 Å². The molecule has 0 radical (unpaired) electrons. The van der Waals surface area contributed by atoms with E-state index in [-0.39, 0.29) is 40.0 Å². The Labute approximate surface area is 104 Å². The van der Waals surface area contributed by atoms with E-state index >= 15 is 0 Å². The zero-order chi connectivity index (χ0) is 11.1. The van der Waals surface area contributed by atoms with Crippen molar-refractivity contribution in [3.8, 4) is 0 Å². The molecule has 0 aromatic heterocycles. The Kier molecular flexibility index (Phi) is 8.10. The molecule has 15 heavy (non-hydrogen) atoms. The van der Waals surface area contributed by atoms with Crippen molar-refractivity contribution >= 4 is 23.1 Å².